The van der Waals surface area contributed by atoms with Crippen LogP contribution in [0.3, 0.4) is 0 Å². The van der Waals surface area contributed by atoms with Gasteiger partial charge in [0.1, 0.15) is 36.1 Å². The van der Waals surface area contributed by atoms with E-state index in [1.807, 2.05) is 47.6 Å². The molecule has 2 aliphatic rings. The van der Waals surface area contributed by atoms with Gasteiger partial charge in [-0.05, 0) is 86.2 Å². The highest BCUT2D eigenvalue weighted by atomic mass is 16.5. The summed E-state index contributed by atoms with van der Waals surface area (Å²) in [4.78, 5) is 71.5. The van der Waals surface area contributed by atoms with E-state index in [1.54, 1.807) is 28.3 Å². The van der Waals surface area contributed by atoms with Crippen molar-refractivity contribution in [1.29, 1.82) is 0 Å². The number of methoxy groups -OCH3 is 2. The fourth-order valence-corrected chi connectivity index (χ4v) is 8.43. The van der Waals surface area contributed by atoms with Gasteiger partial charge in [-0.25, -0.2) is 19.6 Å². The number of rotatable bonds is 13. The Bertz CT molecular complexity index is 2500. The van der Waals surface area contributed by atoms with Crippen molar-refractivity contribution in [3.05, 3.63) is 89.8 Å². The van der Waals surface area contributed by atoms with Gasteiger partial charge in [0.2, 0.25) is 11.8 Å². The van der Waals surface area contributed by atoms with E-state index in [0.717, 1.165) is 80.6 Å². The summed E-state index contributed by atoms with van der Waals surface area (Å²) in [5, 5.41) is 7.37. The minimum absolute atomic E-state index is 0.142. The quantitative estimate of drug-likeness (QED) is 0.0849. The summed E-state index contributed by atoms with van der Waals surface area (Å²) >= 11 is 0. The first-order valence-electron chi connectivity index (χ1n) is 21.2. The zero-order chi connectivity index (χ0) is 44.2. The van der Waals surface area contributed by atoms with Crippen molar-refractivity contribution in [3.63, 3.8) is 0 Å². The second kappa shape index (κ2) is 18.5. The van der Waals surface area contributed by atoms with E-state index < -0.39 is 24.3 Å². The molecule has 4 N–H and O–H groups in total. The lowest BCUT2D eigenvalue weighted by molar-refractivity contribution is -0.137. The number of hydrogen-bond donors (Lipinski definition) is 4. The molecule has 2 aliphatic heterocycles. The molecule has 4 atom stereocenters. The monoisotopic (exact) mass is 844 g/mol. The maximum atomic E-state index is 13.8. The van der Waals surface area contributed by atoms with Crippen LogP contribution in [0.25, 0.3) is 44.4 Å². The molecule has 4 amide bonds. The Morgan fingerprint density at radius 1 is 0.919 bits per heavy atom. The van der Waals surface area contributed by atoms with E-state index in [9.17, 15) is 19.2 Å². The summed E-state index contributed by atoms with van der Waals surface area (Å²) in [5.74, 6) is 1.63. The number of carbonyl (C=O) groups excluding carboxylic acids is 4. The van der Waals surface area contributed by atoms with Crippen LogP contribution >= 0.6 is 0 Å². The Morgan fingerprint density at radius 2 is 1.61 bits per heavy atom. The van der Waals surface area contributed by atoms with Gasteiger partial charge in [-0.2, -0.15) is 0 Å². The van der Waals surface area contributed by atoms with Crippen molar-refractivity contribution in [1.82, 2.24) is 40.4 Å². The van der Waals surface area contributed by atoms with Crippen LogP contribution in [0.15, 0.2) is 72.6 Å². The van der Waals surface area contributed by atoms with E-state index in [-0.39, 0.29) is 29.8 Å². The van der Waals surface area contributed by atoms with E-state index in [2.05, 4.69) is 63.1 Å². The van der Waals surface area contributed by atoms with Crippen molar-refractivity contribution in [2.24, 2.45) is 5.92 Å². The van der Waals surface area contributed by atoms with E-state index in [0.29, 0.717) is 31.3 Å². The molecule has 0 saturated carbocycles. The Hall–Kier alpha value is -6.64. The largest absolute Gasteiger partial charge is 0.488 e. The highest BCUT2D eigenvalue weighted by Gasteiger charge is 2.36. The summed E-state index contributed by atoms with van der Waals surface area (Å²) in [7, 11) is 2.56. The van der Waals surface area contributed by atoms with Gasteiger partial charge in [-0.1, -0.05) is 62.8 Å². The molecule has 1 saturated heterocycles. The predicted octanol–water partition coefficient (Wildman–Crippen LogP) is 8.21. The number of carbonyl (C=O) groups is 4. The molecule has 0 bridgehead atoms. The third kappa shape index (κ3) is 8.88. The van der Waals surface area contributed by atoms with Crippen LogP contribution in [-0.2, 0) is 25.7 Å². The number of nitrogens with zero attached hydrogens (tertiary/aromatic N) is 4. The Balaban J connectivity index is 1.08. The van der Waals surface area contributed by atoms with E-state index in [1.165, 1.54) is 14.2 Å². The number of amides is 4. The average Bonchev–Trinajstić information content (AvgIpc) is 4.07. The molecule has 0 radical (unpaired) electrons. The zero-order valence-electron chi connectivity index (χ0n) is 36.6. The lowest BCUT2D eigenvalue weighted by atomic mass is 9.92. The smallest absolute Gasteiger partial charge is 0.407 e. The number of fused-ring (bicyclic) bond motifs is 5. The molecule has 3 aromatic carbocycles. The summed E-state index contributed by atoms with van der Waals surface area (Å²) in [6, 6.07) is 14.5. The summed E-state index contributed by atoms with van der Waals surface area (Å²) < 4.78 is 16.0. The number of allylic oxidation sites excluding steroid dienone is 1. The molecule has 15 nitrogen and oxygen atoms in total. The molecule has 4 heterocycles. The molecule has 0 spiro atoms. The van der Waals surface area contributed by atoms with Gasteiger partial charge in [-0.15, -0.1) is 0 Å². The van der Waals surface area contributed by atoms with Crippen molar-refractivity contribution < 1.29 is 33.4 Å². The normalized spacial score (nSPS) is 15.8. The highest BCUT2D eigenvalue weighted by Crippen LogP contribution is 2.44. The topological polar surface area (TPSA) is 184 Å². The first-order valence-corrected chi connectivity index (χ1v) is 21.2. The number of hydrogen-bond acceptors (Lipinski definition) is 9. The highest BCUT2D eigenvalue weighted by molar-refractivity contribution is 5.98. The average molecular weight is 845 g/mol. The maximum Gasteiger partial charge on any atom is 0.407 e. The molecule has 0 unspecified atom stereocenters. The Kier molecular flexibility index (Phi) is 13.0. The number of aromatic nitrogens is 4. The predicted molar refractivity (Wildman–Crippen MR) is 236 cm³/mol. The Morgan fingerprint density at radius 3 is 2.34 bits per heavy atom. The van der Waals surface area contributed by atoms with Crippen LogP contribution in [0.5, 0.6) is 5.75 Å². The lowest BCUT2D eigenvalue weighted by Crippen LogP contribution is -2.52. The van der Waals surface area contributed by atoms with Crippen molar-refractivity contribution in [2.75, 3.05) is 27.3 Å². The summed E-state index contributed by atoms with van der Waals surface area (Å²) in [6.07, 6.45) is 6.33. The second-order valence-electron chi connectivity index (χ2n) is 16.5. The van der Waals surface area contributed by atoms with E-state index >= 15 is 0 Å². The molecular formula is C47H56N8O7. The van der Waals surface area contributed by atoms with Gasteiger partial charge in [0, 0.05) is 29.6 Å². The van der Waals surface area contributed by atoms with Crippen molar-refractivity contribution >= 4 is 34.8 Å². The SMILES string of the molecule is CCCN(C(=O)[C@@H](NC(=O)OC)C(C)C)[C@@H](C)c1ncc(-c2ccc3c4c(ccc3c2)-c2ccc(-c3cnc([C@@H]5CCCN5C(=O)[C@H](C=C(C)C)NC(=O)OC)[nH]3)cc2CO4)[nH]1. The molecule has 62 heavy (non-hydrogen) atoms. The molecule has 326 valence electrons. The third-order valence-corrected chi connectivity index (χ3v) is 11.6. The number of imidazole rings is 2. The van der Waals surface area contributed by atoms with Gasteiger partial charge >= 0.3 is 12.2 Å². The molecular weight excluding hydrogens is 789 g/mol. The van der Waals surface area contributed by atoms with Gasteiger partial charge in [-0.3, -0.25) is 9.59 Å². The van der Waals surface area contributed by atoms with Gasteiger partial charge in [0.15, 0.2) is 0 Å². The fourth-order valence-electron chi connectivity index (χ4n) is 8.43. The van der Waals surface area contributed by atoms with E-state index in [4.69, 9.17) is 24.2 Å². The molecule has 15 heteroatoms. The minimum Gasteiger partial charge on any atom is -0.488 e. The minimum atomic E-state index is -0.839. The van der Waals surface area contributed by atoms with Crippen LogP contribution in [0.1, 0.15) is 90.1 Å². The molecule has 2 aromatic heterocycles. The fraction of sp³-hybridized carbons (Fsp3) is 0.404. The van der Waals surface area contributed by atoms with Crippen LogP contribution in [0.4, 0.5) is 9.59 Å². The summed E-state index contributed by atoms with van der Waals surface area (Å²) in [6.45, 7) is 12.9. The zero-order valence-corrected chi connectivity index (χ0v) is 36.6. The number of ether oxygens (including phenoxy) is 3. The van der Waals surface area contributed by atoms with Crippen LogP contribution < -0.4 is 15.4 Å². The molecule has 7 rings (SSSR count). The van der Waals surface area contributed by atoms with Gasteiger partial charge < -0.3 is 44.6 Å². The Labute approximate surface area is 361 Å². The van der Waals surface area contributed by atoms with Crippen LogP contribution in [0, 0.1) is 5.92 Å². The molecule has 1 fully saturated rings. The standard InChI is InChI=1S/C47H56N8O7/c1-9-18-54(45(57)40(27(4)5)53-47(59)61-8)28(6)42-48-23-37(50-42)30-14-16-34-29(21-30)12-17-35-33-15-13-31(22-32(33)25-62-41(34)35)38-24-49-43(51-38)39-11-10-19-55(39)44(56)36(20-26(2)3)52-46(58)60-7/h12-17,20-24,27-28,36,39-40H,9-11,18-19,25H2,1-8H3,(H,48,50)(H,49,51)(H,52,58)(H,53,59)/t28-,36-,39-,40-/m0/s1. The number of alkyl carbamates (subject to hydrolysis) is 2. The first-order chi connectivity index (χ1) is 29.8. The maximum absolute atomic E-state index is 13.8. The van der Waals surface area contributed by atoms with Gasteiger partial charge in [0.05, 0.1) is 50.1 Å². The van der Waals surface area contributed by atoms with Crippen molar-refractivity contribution in [3.8, 4) is 39.4 Å². The lowest BCUT2D eigenvalue weighted by Gasteiger charge is -2.33. The second-order valence-corrected chi connectivity index (χ2v) is 16.5. The molecule has 5 aromatic rings. The number of likely N-dealkylation sites (tertiary alicyclic amines) is 1. The molecule has 0 aliphatic carbocycles. The number of nitrogens with one attached hydrogen (secondary N) is 4. The van der Waals surface area contributed by atoms with Gasteiger partial charge in [0.25, 0.3) is 0 Å². The van der Waals surface area contributed by atoms with Crippen LogP contribution in [0.2, 0.25) is 0 Å². The number of H-pyrrole nitrogens is 2. The first kappa shape index (κ1) is 43.4. The third-order valence-electron chi connectivity index (χ3n) is 11.6. The number of aromatic amines is 2. The van der Waals surface area contributed by atoms with Crippen LogP contribution in [-0.4, -0.2) is 93.1 Å². The number of benzene rings is 3. The van der Waals surface area contributed by atoms with Crippen molar-refractivity contribution in [2.45, 2.75) is 91.6 Å². The summed E-state index contributed by atoms with van der Waals surface area (Å²) in [5.41, 5.74) is 7.62.